The molecule has 1 N–H and O–H groups in total. The maximum absolute atomic E-state index is 4.72. The van der Waals surface area contributed by atoms with Crippen LogP contribution in [-0.2, 0) is 0 Å². The Bertz CT molecular complexity index is 236. The molecule has 5 heteroatoms. The lowest BCUT2D eigenvalue weighted by molar-refractivity contribution is 0.408. The number of nitrogens with one attached hydrogen (secondary N) is 1. The largest absolute Gasteiger partial charge is 0.357 e. The number of unbranched alkanes of at least 4 members (excludes halogenated alkanes) is 1. The second-order valence-electron chi connectivity index (χ2n) is 4.44. The second-order valence-corrected chi connectivity index (χ2v) is 5.84. The van der Waals surface area contributed by atoms with Gasteiger partial charge in [0.25, 0.3) is 0 Å². The molecule has 108 valence electrons. The quantitative estimate of drug-likeness (QED) is 0.341. The first-order valence-electron chi connectivity index (χ1n) is 6.96. The van der Waals surface area contributed by atoms with Crippen molar-refractivity contribution in [2.75, 3.05) is 31.9 Å². The summed E-state index contributed by atoms with van der Waals surface area (Å²) < 4.78 is 0. The van der Waals surface area contributed by atoms with Crippen LogP contribution in [0.4, 0.5) is 0 Å². The zero-order valence-corrected chi connectivity index (χ0v) is 15.1. The zero-order valence-electron chi connectivity index (χ0n) is 11.9. The Hall–Kier alpha value is 0.350. The fraction of sp³-hybridized carbons (Fsp3) is 0.923. The van der Waals surface area contributed by atoms with Gasteiger partial charge in [0, 0.05) is 37.2 Å². The molecule has 1 saturated heterocycles. The van der Waals surface area contributed by atoms with E-state index >= 15 is 0 Å². The summed E-state index contributed by atoms with van der Waals surface area (Å²) in [6.45, 7) is 10.9. The first-order chi connectivity index (χ1) is 8.31. The summed E-state index contributed by atoms with van der Waals surface area (Å²) >= 11 is 2.11. The number of hydrogen-bond donors (Lipinski definition) is 1. The van der Waals surface area contributed by atoms with Crippen LogP contribution in [0, 0.1) is 0 Å². The number of hydrogen-bond acceptors (Lipinski definition) is 2. The lowest BCUT2D eigenvalue weighted by Crippen LogP contribution is -2.48. The van der Waals surface area contributed by atoms with Crippen LogP contribution in [0.15, 0.2) is 4.99 Å². The van der Waals surface area contributed by atoms with Gasteiger partial charge in [0.05, 0.1) is 0 Å². The normalized spacial score (nSPS) is 20.5. The van der Waals surface area contributed by atoms with E-state index in [1.807, 2.05) is 0 Å². The molecule has 0 bridgehead atoms. The molecule has 1 rings (SSSR count). The Labute approximate surface area is 134 Å². The molecule has 0 aromatic rings. The minimum absolute atomic E-state index is 0. The molecule has 0 aromatic carbocycles. The van der Waals surface area contributed by atoms with Gasteiger partial charge in [-0.15, -0.1) is 24.0 Å². The van der Waals surface area contributed by atoms with Crippen LogP contribution in [-0.4, -0.2) is 48.0 Å². The van der Waals surface area contributed by atoms with Crippen molar-refractivity contribution < 1.29 is 0 Å². The van der Waals surface area contributed by atoms with Crippen LogP contribution in [0.2, 0.25) is 0 Å². The van der Waals surface area contributed by atoms with E-state index < -0.39 is 0 Å². The predicted octanol–water partition coefficient (Wildman–Crippen LogP) is 3.20. The van der Waals surface area contributed by atoms with Crippen molar-refractivity contribution in [1.82, 2.24) is 10.2 Å². The highest BCUT2D eigenvalue weighted by Crippen LogP contribution is 2.20. The Morgan fingerprint density at radius 2 is 2.17 bits per heavy atom. The molecule has 0 aromatic heterocycles. The van der Waals surface area contributed by atoms with Gasteiger partial charge in [0.2, 0.25) is 0 Å². The third kappa shape index (κ3) is 6.50. The second kappa shape index (κ2) is 11.2. The van der Waals surface area contributed by atoms with Gasteiger partial charge in [-0.25, -0.2) is 0 Å². The third-order valence-corrected chi connectivity index (χ3v) is 4.37. The molecule has 18 heavy (non-hydrogen) atoms. The van der Waals surface area contributed by atoms with Crippen molar-refractivity contribution in [3.8, 4) is 0 Å². The fourth-order valence-electron chi connectivity index (χ4n) is 1.93. The lowest BCUT2D eigenvalue weighted by atomic mass is 10.3. The Kier molecular flexibility index (Phi) is 11.4. The van der Waals surface area contributed by atoms with Crippen molar-refractivity contribution in [2.24, 2.45) is 4.99 Å². The van der Waals surface area contributed by atoms with Gasteiger partial charge in [-0.05, 0) is 19.8 Å². The van der Waals surface area contributed by atoms with E-state index in [-0.39, 0.29) is 24.0 Å². The number of nitrogens with zero attached hydrogens (tertiary/aromatic N) is 2. The summed E-state index contributed by atoms with van der Waals surface area (Å²) in [7, 11) is 0. The van der Waals surface area contributed by atoms with Crippen LogP contribution >= 0.6 is 35.7 Å². The van der Waals surface area contributed by atoms with E-state index in [0.29, 0.717) is 0 Å². The van der Waals surface area contributed by atoms with Crippen molar-refractivity contribution >= 4 is 41.7 Å². The average molecular weight is 385 g/mol. The standard InChI is InChI=1S/C13H27N3S.HI/c1-4-7-8-15-13(14-6-3)16-9-10-17-12(5-2)11-16;/h12H,4-11H2,1-3H3,(H,14,15);1H. The number of rotatable bonds is 5. The van der Waals surface area contributed by atoms with Crippen LogP contribution < -0.4 is 5.32 Å². The minimum atomic E-state index is 0. The molecule has 1 unspecified atom stereocenters. The van der Waals surface area contributed by atoms with Gasteiger partial charge in [-0.2, -0.15) is 11.8 Å². The zero-order chi connectivity index (χ0) is 12.5. The van der Waals surface area contributed by atoms with E-state index in [2.05, 4.69) is 42.7 Å². The first-order valence-corrected chi connectivity index (χ1v) is 8.01. The average Bonchev–Trinajstić information content (AvgIpc) is 2.38. The highest BCUT2D eigenvalue weighted by atomic mass is 127. The minimum Gasteiger partial charge on any atom is -0.357 e. The van der Waals surface area contributed by atoms with Gasteiger partial charge in [-0.1, -0.05) is 20.3 Å². The molecule has 0 saturated carbocycles. The van der Waals surface area contributed by atoms with Crippen molar-refractivity contribution in [3.05, 3.63) is 0 Å². The van der Waals surface area contributed by atoms with E-state index in [4.69, 9.17) is 4.99 Å². The summed E-state index contributed by atoms with van der Waals surface area (Å²) in [5, 5.41) is 4.20. The van der Waals surface area contributed by atoms with Gasteiger partial charge >= 0.3 is 0 Å². The van der Waals surface area contributed by atoms with Crippen LogP contribution in [0.5, 0.6) is 0 Å². The lowest BCUT2D eigenvalue weighted by Gasteiger charge is -2.34. The molecular formula is C13H28IN3S. The maximum Gasteiger partial charge on any atom is 0.193 e. The van der Waals surface area contributed by atoms with E-state index in [9.17, 15) is 0 Å². The monoisotopic (exact) mass is 385 g/mol. The topological polar surface area (TPSA) is 27.6 Å². The van der Waals surface area contributed by atoms with Crippen molar-refractivity contribution in [1.29, 1.82) is 0 Å². The molecular weight excluding hydrogens is 357 g/mol. The van der Waals surface area contributed by atoms with Gasteiger partial charge in [0.15, 0.2) is 5.96 Å². The number of guanidine groups is 1. The fourth-order valence-corrected chi connectivity index (χ4v) is 3.11. The molecule has 3 nitrogen and oxygen atoms in total. The molecule has 1 fully saturated rings. The Morgan fingerprint density at radius 1 is 1.39 bits per heavy atom. The summed E-state index contributed by atoms with van der Waals surface area (Å²) in [5.74, 6) is 2.36. The molecule has 0 spiro atoms. The number of halogens is 1. The third-order valence-electron chi connectivity index (χ3n) is 3.00. The summed E-state index contributed by atoms with van der Waals surface area (Å²) in [6.07, 6.45) is 3.67. The van der Waals surface area contributed by atoms with Gasteiger partial charge in [-0.3, -0.25) is 4.99 Å². The van der Waals surface area contributed by atoms with Crippen molar-refractivity contribution in [2.45, 2.75) is 45.3 Å². The summed E-state index contributed by atoms with van der Waals surface area (Å²) in [4.78, 5) is 7.15. The number of aliphatic imine (C=N–C) groups is 1. The Morgan fingerprint density at radius 3 is 2.78 bits per heavy atom. The smallest absolute Gasteiger partial charge is 0.193 e. The summed E-state index contributed by atoms with van der Waals surface area (Å²) in [6, 6.07) is 0. The molecule has 1 atom stereocenters. The number of thioether (sulfide) groups is 1. The highest BCUT2D eigenvalue weighted by Gasteiger charge is 2.21. The van der Waals surface area contributed by atoms with Gasteiger partial charge in [0.1, 0.15) is 0 Å². The van der Waals surface area contributed by atoms with Crippen LogP contribution in [0.3, 0.4) is 0 Å². The molecule has 0 aliphatic carbocycles. The van der Waals surface area contributed by atoms with Crippen LogP contribution in [0.1, 0.15) is 40.0 Å². The predicted molar refractivity (Wildman–Crippen MR) is 94.4 cm³/mol. The summed E-state index contributed by atoms with van der Waals surface area (Å²) in [5.41, 5.74) is 0. The molecule has 0 amide bonds. The van der Waals surface area contributed by atoms with Crippen LogP contribution in [0.25, 0.3) is 0 Å². The van der Waals surface area contributed by atoms with E-state index in [1.54, 1.807) is 0 Å². The molecule has 1 heterocycles. The van der Waals surface area contributed by atoms with E-state index in [1.165, 1.54) is 25.0 Å². The maximum atomic E-state index is 4.72. The van der Waals surface area contributed by atoms with Crippen molar-refractivity contribution in [3.63, 3.8) is 0 Å². The SMILES string of the molecule is CCCCN=C(NCC)N1CCSC(CC)C1.I. The Balaban J connectivity index is 0.00000289. The molecule has 1 aliphatic rings. The highest BCUT2D eigenvalue weighted by molar-refractivity contribution is 14.0. The first kappa shape index (κ1) is 18.4. The van der Waals surface area contributed by atoms with Gasteiger partial charge < -0.3 is 10.2 Å². The van der Waals surface area contributed by atoms with E-state index in [0.717, 1.165) is 37.4 Å². The molecule has 1 aliphatic heterocycles. The molecule has 0 radical (unpaired) electrons.